The van der Waals surface area contributed by atoms with Crippen LogP contribution in [0.25, 0.3) is 22.6 Å². The van der Waals surface area contributed by atoms with E-state index in [1.54, 1.807) is 24.5 Å². The fourth-order valence-electron chi connectivity index (χ4n) is 2.63. The molecule has 0 aliphatic rings. The van der Waals surface area contributed by atoms with E-state index in [4.69, 9.17) is 4.42 Å². The maximum atomic E-state index is 12.4. The van der Waals surface area contributed by atoms with Crippen LogP contribution in [-0.4, -0.2) is 15.9 Å². The molecule has 0 saturated heterocycles. The molecule has 0 spiro atoms. The molecular formula is C20H15N3O2. The molecule has 2 aromatic heterocycles. The minimum absolute atomic E-state index is 0.207. The number of anilines is 1. The first-order chi connectivity index (χ1) is 12.2. The number of hydrogen-bond acceptors (Lipinski definition) is 4. The summed E-state index contributed by atoms with van der Waals surface area (Å²) in [6, 6.07) is 16.6. The van der Waals surface area contributed by atoms with E-state index in [1.165, 1.54) is 0 Å². The largest absolute Gasteiger partial charge is 0.436 e. The van der Waals surface area contributed by atoms with Crippen molar-refractivity contribution in [2.75, 3.05) is 5.32 Å². The van der Waals surface area contributed by atoms with E-state index < -0.39 is 0 Å². The molecule has 5 nitrogen and oxygen atoms in total. The van der Waals surface area contributed by atoms with E-state index in [9.17, 15) is 4.79 Å². The van der Waals surface area contributed by atoms with E-state index in [-0.39, 0.29) is 5.91 Å². The Balaban J connectivity index is 1.72. The Morgan fingerprint density at radius 1 is 1.04 bits per heavy atom. The summed E-state index contributed by atoms with van der Waals surface area (Å²) in [5, 5.41) is 2.91. The monoisotopic (exact) mass is 329 g/mol. The zero-order valence-electron chi connectivity index (χ0n) is 13.6. The van der Waals surface area contributed by atoms with Gasteiger partial charge in [-0.3, -0.25) is 9.78 Å². The first kappa shape index (κ1) is 15.1. The normalized spacial score (nSPS) is 10.8. The minimum atomic E-state index is -0.207. The molecule has 4 rings (SSSR count). The van der Waals surface area contributed by atoms with Gasteiger partial charge in [0.1, 0.15) is 5.52 Å². The second-order valence-electron chi connectivity index (χ2n) is 5.73. The van der Waals surface area contributed by atoms with Gasteiger partial charge in [0, 0.05) is 18.0 Å². The number of hydrogen-bond donors (Lipinski definition) is 1. The predicted octanol–water partition coefficient (Wildman–Crippen LogP) is 4.45. The number of pyridine rings is 1. The number of rotatable bonds is 3. The van der Waals surface area contributed by atoms with Crippen LogP contribution in [0, 0.1) is 6.92 Å². The standard InChI is InChI=1S/C20H15N3O2/c1-13-6-7-18-17(12-13)23-20(25-18)15-4-2-3-5-16(15)22-19(24)14-8-10-21-11-9-14/h2-12H,1H3,(H,22,24). The summed E-state index contributed by atoms with van der Waals surface area (Å²) in [4.78, 5) is 20.9. The third kappa shape index (κ3) is 2.99. The van der Waals surface area contributed by atoms with Crippen LogP contribution in [0.15, 0.2) is 71.4 Å². The van der Waals surface area contributed by atoms with Crippen LogP contribution in [0.5, 0.6) is 0 Å². The van der Waals surface area contributed by atoms with Crippen molar-refractivity contribution in [3.8, 4) is 11.5 Å². The highest BCUT2D eigenvalue weighted by atomic mass is 16.3. The fraction of sp³-hybridized carbons (Fsp3) is 0.0500. The van der Waals surface area contributed by atoms with Crippen LogP contribution in [0.3, 0.4) is 0 Å². The highest BCUT2D eigenvalue weighted by Gasteiger charge is 2.14. The predicted molar refractivity (Wildman–Crippen MR) is 96.4 cm³/mol. The highest BCUT2D eigenvalue weighted by Crippen LogP contribution is 2.30. The van der Waals surface area contributed by atoms with Gasteiger partial charge in [-0.25, -0.2) is 4.98 Å². The lowest BCUT2D eigenvalue weighted by atomic mass is 10.1. The molecule has 122 valence electrons. The Bertz CT molecular complexity index is 1050. The first-order valence-corrected chi connectivity index (χ1v) is 7.89. The van der Waals surface area contributed by atoms with Gasteiger partial charge in [0.05, 0.1) is 11.3 Å². The van der Waals surface area contributed by atoms with Crippen LogP contribution in [0.4, 0.5) is 5.69 Å². The minimum Gasteiger partial charge on any atom is -0.436 e. The number of carbonyl (C=O) groups excluding carboxylic acids is 1. The lowest BCUT2D eigenvalue weighted by Gasteiger charge is -2.08. The number of nitrogens with zero attached hydrogens (tertiary/aromatic N) is 2. The Kier molecular flexibility index (Phi) is 3.74. The summed E-state index contributed by atoms with van der Waals surface area (Å²) in [6.07, 6.45) is 3.17. The Morgan fingerprint density at radius 3 is 2.68 bits per heavy atom. The lowest BCUT2D eigenvalue weighted by Crippen LogP contribution is -2.12. The summed E-state index contributed by atoms with van der Waals surface area (Å²) in [7, 11) is 0. The zero-order valence-corrected chi connectivity index (χ0v) is 13.6. The molecule has 0 radical (unpaired) electrons. The van der Waals surface area contributed by atoms with Crippen molar-refractivity contribution in [1.29, 1.82) is 0 Å². The van der Waals surface area contributed by atoms with E-state index >= 15 is 0 Å². The fourth-order valence-corrected chi connectivity index (χ4v) is 2.63. The summed E-state index contributed by atoms with van der Waals surface area (Å²) in [5.41, 5.74) is 4.55. The van der Waals surface area contributed by atoms with Crippen LogP contribution >= 0.6 is 0 Å². The molecule has 0 aliphatic carbocycles. The topological polar surface area (TPSA) is 68.0 Å². The Labute approximate surface area is 144 Å². The molecule has 0 saturated carbocycles. The third-order valence-electron chi connectivity index (χ3n) is 3.89. The number of benzene rings is 2. The van der Waals surface area contributed by atoms with Crippen molar-refractivity contribution >= 4 is 22.7 Å². The van der Waals surface area contributed by atoms with Gasteiger partial charge in [-0.2, -0.15) is 0 Å². The molecule has 0 atom stereocenters. The van der Waals surface area contributed by atoms with Gasteiger partial charge in [0.2, 0.25) is 5.89 Å². The van der Waals surface area contributed by atoms with Crippen LogP contribution < -0.4 is 5.32 Å². The average Bonchev–Trinajstić information content (AvgIpc) is 3.06. The second kappa shape index (κ2) is 6.20. The second-order valence-corrected chi connectivity index (χ2v) is 5.73. The quantitative estimate of drug-likeness (QED) is 0.603. The number of carbonyl (C=O) groups is 1. The van der Waals surface area contributed by atoms with Gasteiger partial charge in [0.25, 0.3) is 5.91 Å². The van der Waals surface area contributed by atoms with Crippen LogP contribution in [-0.2, 0) is 0 Å². The molecule has 5 heteroatoms. The maximum Gasteiger partial charge on any atom is 0.255 e. The zero-order chi connectivity index (χ0) is 17.2. The van der Waals surface area contributed by atoms with Gasteiger partial charge < -0.3 is 9.73 Å². The number of aryl methyl sites for hydroxylation is 1. The van der Waals surface area contributed by atoms with Crippen molar-refractivity contribution < 1.29 is 9.21 Å². The highest BCUT2D eigenvalue weighted by molar-refractivity contribution is 6.06. The van der Waals surface area contributed by atoms with Crippen LogP contribution in [0.1, 0.15) is 15.9 Å². The number of nitrogens with one attached hydrogen (secondary N) is 1. The molecular weight excluding hydrogens is 314 g/mol. The molecule has 0 unspecified atom stereocenters. The smallest absolute Gasteiger partial charge is 0.255 e. The average molecular weight is 329 g/mol. The Hall–Kier alpha value is -3.47. The molecule has 0 fully saturated rings. The number of amides is 1. The van der Waals surface area contributed by atoms with Crippen LogP contribution in [0.2, 0.25) is 0 Å². The van der Waals surface area contributed by atoms with Crippen molar-refractivity contribution in [3.63, 3.8) is 0 Å². The van der Waals surface area contributed by atoms with E-state index in [0.717, 1.165) is 22.2 Å². The van der Waals surface area contributed by atoms with Gasteiger partial charge in [-0.1, -0.05) is 18.2 Å². The van der Waals surface area contributed by atoms with Crippen molar-refractivity contribution in [1.82, 2.24) is 9.97 Å². The maximum absolute atomic E-state index is 12.4. The molecule has 0 aliphatic heterocycles. The molecule has 1 amide bonds. The SMILES string of the molecule is Cc1ccc2oc(-c3ccccc3NC(=O)c3ccncc3)nc2c1. The van der Waals surface area contributed by atoms with Crippen molar-refractivity contribution in [2.24, 2.45) is 0 Å². The van der Waals surface area contributed by atoms with E-state index in [1.807, 2.05) is 49.4 Å². The third-order valence-corrected chi connectivity index (χ3v) is 3.89. The molecule has 1 N–H and O–H groups in total. The summed E-state index contributed by atoms with van der Waals surface area (Å²) < 4.78 is 5.86. The first-order valence-electron chi connectivity index (χ1n) is 7.89. The molecule has 2 aromatic carbocycles. The number of fused-ring (bicyclic) bond motifs is 1. The van der Waals surface area contributed by atoms with E-state index in [0.29, 0.717) is 17.1 Å². The number of aromatic nitrogens is 2. The van der Waals surface area contributed by atoms with E-state index in [2.05, 4.69) is 15.3 Å². The van der Waals surface area contributed by atoms with Gasteiger partial charge in [0.15, 0.2) is 5.58 Å². The number of oxazole rings is 1. The number of para-hydroxylation sites is 1. The van der Waals surface area contributed by atoms with Gasteiger partial charge in [-0.15, -0.1) is 0 Å². The molecule has 25 heavy (non-hydrogen) atoms. The molecule has 0 bridgehead atoms. The van der Waals surface area contributed by atoms with Crippen molar-refractivity contribution in [2.45, 2.75) is 6.92 Å². The Morgan fingerprint density at radius 2 is 1.84 bits per heavy atom. The molecule has 4 aromatic rings. The van der Waals surface area contributed by atoms with Gasteiger partial charge in [-0.05, 0) is 48.9 Å². The summed E-state index contributed by atoms with van der Waals surface area (Å²) >= 11 is 0. The lowest BCUT2D eigenvalue weighted by molar-refractivity contribution is 0.102. The van der Waals surface area contributed by atoms with Gasteiger partial charge >= 0.3 is 0 Å². The summed E-state index contributed by atoms with van der Waals surface area (Å²) in [5.74, 6) is 0.271. The molecule has 2 heterocycles. The van der Waals surface area contributed by atoms with Crippen molar-refractivity contribution in [3.05, 3.63) is 78.1 Å². The summed E-state index contributed by atoms with van der Waals surface area (Å²) in [6.45, 7) is 2.01.